The van der Waals surface area contributed by atoms with E-state index in [1.165, 1.54) is 0 Å². The second-order valence-corrected chi connectivity index (χ2v) is 10.9. The number of aromatic nitrogens is 1. The summed E-state index contributed by atoms with van der Waals surface area (Å²) in [5, 5.41) is 11.9. The van der Waals surface area contributed by atoms with Crippen LogP contribution < -0.4 is 4.74 Å². The molecule has 0 amide bonds. The van der Waals surface area contributed by atoms with Gasteiger partial charge in [0.25, 0.3) is 0 Å². The quantitative estimate of drug-likeness (QED) is 0.288. The second-order valence-electron chi connectivity index (χ2n) is 10.5. The van der Waals surface area contributed by atoms with E-state index in [9.17, 15) is 14.7 Å². The van der Waals surface area contributed by atoms with Crippen molar-refractivity contribution in [1.82, 2.24) is 9.88 Å². The van der Waals surface area contributed by atoms with Gasteiger partial charge >= 0.3 is 12.1 Å². The van der Waals surface area contributed by atoms with E-state index in [2.05, 4.69) is 16.0 Å². The molecule has 10 heteroatoms. The number of aliphatic hydroxyl groups is 1. The normalized spacial score (nSPS) is 20.1. The van der Waals surface area contributed by atoms with Crippen molar-refractivity contribution in [2.45, 2.75) is 31.8 Å². The molecule has 3 heterocycles. The van der Waals surface area contributed by atoms with E-state index >= 15 is 0 Å². The molecule has 0 radical (unpaired) electrons. The van der Waals surface area contributed by atoms with Crippen LogP contribution in [0.2, 0.25) is 5.02 Å². The minimum Gasteiger partial charge on any atom is -0.461 e. The average molecular weight is 607 g/mol. The SMILES string of the molecule is CCOC(=O)OCCOC(=O)C1C=CC=C2Oc3ncccc3C(=CCCN3CCC(O)(c4ccc(Cl)cc4)CC3)C=C21. The lowest BCUT2D eigenvalue weighted by atomic mass is 9.84. The fourth-order valence-corrected chi connectivity index (χ4v) is 5.52. The van der Waals surface area contributed by atoms with Gasteiger partial charge in [-0.2, -0.15) is 0 Å². The van der Waals surface area contributed by atoms with E-state index in [-0.39, 0.29) is 19.8 Å². The first-order valence-corrected chi connectivity index (χ1v) is 14.8. The summed E-state index contributed by atoms with van der Waals surface area (Å²) >= 11 is 6.03. The summed E-state index contributed by atoms with van der Waals surface area (Å²) in [5.41, 5.74) is 2.44. The van der Waals surface area contributed by atoms with Crippen LogP contribution in [0.25, 0.3) is 5.57 Å². The lowest BCUT2D eigenvalue weighted by Crippen LogP contribution is -2.42. The van der Waals surface area contributed by atoms with Crippen LogP contribution in [0.4, 0.5) is 4.79 Å². The molecule has 1 atom stereocenters. The van der Waals surface area contributed by atoms with Crippen molar-refractivity contribution in [3.05, 3.63) is 100 Å². The number of halogens is 1. The number of benzene rings is 1. The summed E-state index contributed by atoms with van der Waals surface area (Å²) in [5.74, 6) is -0.201. The fourth-order valence-electron chi connectivity index (χ4n) is 5.39. The van der Waals surface area contributed by atoms with Crippen LogP contribution in [-0.2, 0) is 24.6 Å². The third kappa shape index (κ3) is 7.54. The molecule has 2 aromatic rings. The third-order valence-corrected chi connectivity index (χ3v) is 7.96. The van der Waals surface area contributed by atoms with Crippen molar-refractivity contribution in [3.8, 4) is 5.88 Å². The van der Waals surface area contributed by atoms with Gasteiger partial charge in [0.2, 0.25) is 5.88 Å². The Hall–Kier alpha value is -3.92. The van der Waals surface area contributed by atoms with Crippen LogP contribution >= 0.6 is 11.6 Å². The molecule has 0 saturated carbocycles. The van der Waals surface area contributed by atoms with Gasteiger partial charge in [-0.05, 0) is 73.7 Å². The van der Waals surface area contributed by atoms with Crippen LogP contribution in [0.3, 0.4) is 0 Å². The molecular weight excluding hydrogens is 572 g/mol. The van der Waals surface area contributed by atoms with Crippen molar-refractivity contribution >= 4 is 29.3 Å². The van der Waals surface area contributed by atoms with Gasteiger partial charge in [-0.3, -0.25) is 4.79 Å². The van der Waals surface area contributed by atoms with E-state index in [0.29, 0.717) is 35.1 Å². The smallest absolute Gasteiger partial charge is 0.461 e. The number of hydrogen-bond acceptors (Lipinski definition) is 9. The molecule has 1 N–H and O–H groups in total. The lowest BCUT2D eigenvalue weighted by Gasteiger charge is -2.38. The summed E-state index contributed by atoms with van der Waals surface area (Å²) in [6, 6.07) is 11.2. The highest BCUT2D eigenvalue weighted by Crippen LogP contribution is 2.38. The van der Waals surface area contributed by atoms with E-state index in [1.807, 2.05) is 42.5 Å². The van der Waals surface area contributed by atoms with Gasteiger partial charge in [0.05, 0.1) is 12.2 Å². The van der Waals surface area contributed by atoms with Crippen molar-refractivity contribution in [2.24, 2.45) is 5.92 Å². The second kappa shape index (κ2) is 14.0. The van der Waals surface area contributed by atoms with Crippen LogP contribution in [0, 0.1) is 5.92 Å². The number of hydrogen-bond donors (Lipinski definition) is 1. The molecule has 1 unspecified atom stereocenters. The predicted molar refractivity (Wildman–Crippen MR) is 161 cm³/mol. The molecule has 1 aromatic carbocycles. The molecule has 0 bridgehead atoms. The van der Waals surface area contributed by atoms with Crippen LogP contribution in [-0.4, -0.2) is 66.6 Å². The highest BCUT2D eigenvalue weighted by Gasteiger charge is 2.34. The Morgan fingerprint density at radius 1 is 1.14 bits per heavy atom. The summed E-state index contributed by atoms with van der Waals surface area (Å²) in [6.07, 6.45) is 12.3. The van der Waals surface area contributed by atoms with Crippen LogP contribution in [0.15, 0.2) is 84.3 Å². The summed E-state index contributed by atoms with van der Waals surface area (Å²) in [4.78, 5) is 31.2. The number of fused-ring (bicyclic) bond motifs is 2. The van der Waals surface area contributed by atoms with Crippen molar-refractivity contribution in [1.29, 1.82) is 0 Å². The van der Waals surface area contributed by atoms with E-state index in [4.69, 9.17) is 30.5 Å². The Morgan fingerprint density at radius 3 is 2.67 bits per heavy atom. The molecule has 2 aliphatic heterocycles. The molecule has 5 rings (SSSR count). The number of allylic oxidation sites excluding steroid dienone is 5. The minimum atomic E-state index is -0.848. The zero-order valence-electron chi connectivity index (χ0n) is 24.0. The first-order chi connectivity index (χ1) is 20.9. The molecule has 1 aromatic heterocycles. The Kier molecular flexibility index (Phi) is 9.97. The Balaban J connectivity index is 1.25. The lowest BCUT2D eigenvalue weighted by molar-refractivity contribution is -0.147. The number of rotatable bonds is 9. The number of likely N-dealkylation sites (tertiary alicyclic amines) is 1. The highest BCUT2D eigenvalue weighted by molar-refractivity contribution is 6.30. The van der Waals surface area contributed by atoms with E-state index < -0.39 is 23.6 Å². The number of nitrogens with zero attached hydrogens (tertiary/aromatic N) is 2. The largest absolute Gasteiger partial charge is 0.508 e. The number of piperidine rings is 1. The topological polar surface area (TPSA) is 107 Å². The average Bonchev–Trinajstić information content (AvgIpc) is 3.17. The number of ether oxygens (including phenoxy) is 4. The molecule has 226 valence electrons. The van der Waals surface area contributed by atoms with E-state index in [1.54, 1.807) is 31.3 Å². The predicted octanol–water partition coefficient (Wildman–Crippen LogP) is 5.60. The van der Waals surface area contributed by atoms with Crippen LogP contribution in [0.1, 0.15) is 37.3 Å². The molecule has 3 aliphatic rings. The van der Waals surface area contributed by atoms with Gasteiger partial charge in [-0.15, -0.1) is 0 Å². The maximum Gasteiger partial charge on any atom is 0.508 e. The molecule has 0 spiro atoms. The van der Waals surface area contributed by atoms with Gasteiger partial charge in [0, 0.05) is 42.0 Å². The molecule has 1 saturated heterocycles. The first-order valence-electron chi connectivity index (χ1n) is 14.5. The molecule has 43 heavy (non-hydrogen) atoms. The molecule has 1 aliphatic carbocycles. The standard InChI is InChI=1S/C33H35ClN2O7/c1-2-40-32(38)42-21-20-41-31(37)27-7-3-9-29-28(27)22-23(26-8-4-16-35-30(26)43-29)6-5-17-36-18-14-33(39,15-19-36)24-10-12-25(34)13-11-24/h3-4,6-13,16,22,27,39H,2,5,14-15,17-21H2,1H3. The highest BCUT2D eigenvalue weighted by atomic mass is 35.5. The van der Waals surface area contributed by atoms with Gasteiger partial charge in [-0.1, -0.05) is 42.0 Å². The molecular formula is C33H35ClN2O7. The fraction of sp³-hybridized carbons (Fsp3) is 0.364. The number of esters is 1. The Morgan fingerprint density at radius 2 is 1.91 bits per heavy atom. The van der Waals surface area contributed by atoms with Gasteiger partial charge in [0.15, 0.2) is 0 Å². The summed E-state index contributed by atoms with van der Waals surface area (Å²) in [7, 11) is 0. The van der Waals surface area contributed by atoms with Gasteiger partial charge < -0.3 is 29.0 Å². The number of pyridine rings is 1. The number of carbonyl (C=O) groups excluding carboxylic acids is 2. The zero-order valence-corrected chi connectivity index (χ0v) is 24.8. The Labute approximate surface area is 256 Å². The first kappa shape index (κ1) is 30.5. The third-order valence-electron chi connectivity index (χ3n) is 7.71. The van der Waals surface area contributed by atoms with Crippen LogP contribution in [0.5, 0.6) is 5.88 Å². The van der Waals surface area contributed by atoms with Crippen molar-refractivity contribution < 1.29 is 33.6 Å². The maximum absolute atomic E-state index is 13.1. The monoisotopic (exact) mass is 606 g/mol. The minimum absolute atomic E-state index is 0.0946. The van der Waals surface area contributed by atoms with Gasteiger partial charge in [0.1, 0.15) is 24.9 Å². The maximum atomic E-state index is 13.1. The van der Waals surface area contributed by atoms with E-state index in [0.717, 1.165) is 42.8 Å². The van der Waals surface area contributed by atoms with Crippen molar-refractivity contribution in [2.75, 3.05) is 39.5 Å². The Bertz CT molecular complexity index is 1440. The molecule has 9 nitrogen and oxygen atoms in total. The molecule has 1 fully saturated rings. The van der Waals surface area contributed by atoms with Gasteiger partial charge in [-0.25, -0.2) is 9.78 Å². The number of carbonyl (C=O) groups is 2. The van der Waals surface area contributed by atoms with Crippen molar-refractivity contribution in [3.63, 3.8) is 0 Å². The summed E-state index contributed by atoms with van der Waals surface area (Å²) in [6.45, 7) is 4.04. The zero-order chi connectivity index (χ0) is 30.2. The summed E-state index contributed by atoms with van der Waals surface area (Å²) < 4.78 is 21.2.